The van der Waals surface area contributed by atoms with Crippen molar-refractivity contribution in [2.75, 3.05) is 19.6 Å². The fourth-order valence-electron chi connectivity index (χ4n) is 2.60. The van der Waals surface area contributed by atoms with Crippen molar-refractivity contribution in [3.8, 4) is 0 Å². The molecule has 1 aromatic heterocycles. The molecular formula is C13H18FN3. The predicted octanol–water partition coefficient (Wildman–Crippen LogP) is 1.40. The smallest absolute Gasteiger partial charge is 0.141 e. The number of hydrogen-bond acceptors (Lipinski definition) is 3. The molecule has 0 radical (unpaired) electrons. The van der Waals surface area contributed by atoms with Crippen molar-refractivity contribution in [1.29, 1.82) is 0 Å². The Hall–Kier alpha value is -1.00. The van der Waals surface area contributed by atoms with Crippen LogP contribution in [-0.4, -0.2) is 35.6 Å². The van der Waals surface area contributed by atoms with Crippen LogP contribution in [-0.2, 0) is 6.54 Å². The molecule has 1 atom stereocenters. The molecule has 2 aliphatic rings. The van der Waals surface area contributed by atoms with E-state index in [4.69, 9.17) is 0 Å². The number of rotatable bonds is 3. The maximum Gasteiger partial charge on any atom is 0.141 e. The summed E-state index contributed by atoms with van der Waals surface area (Å²) in [7, 11) is 0. The summed E-state index contributed by atoms with van der Waals surface area (Å²) < 4.78 is 13.0. The van der Waals surface area contributed by atoms with E-state index in [2.05, 4.69) is 15.2 Å². The van der Waals surface area contributed by atoms with Crippen LogP contribution in [0.5, 0.6) is 0 Å². The van der Waals surface area contributed by atoms with Crippen LogP contribution in [0.15, 0.2) is 18.5 Å². The summed E-state index contributed by atoms with van der Waals surface area (Å²) in [6.07, 6.45) is 5.76. The summed E-state index contributed by atoms with van der Waals surface area (Å²) >= 11 is 0. The number of nitrogens with zero attached hydrogens (tertiary/aromatic N) is 2. The second-order valence-corrected chi connectivity index (χ2v) is 5.14. The summed E-state index contributed by atoms with van der Waals surface area (Å²) in [6.45, 7) is 3.99. The molecule has 0 bridgehead atoms. The van der Waals surface area contributed by atoms with Crippen molar-refractivity contribution in [3.63, 3.8) is 0 Å². The van der Waals surface area contributed by atoms with Crippen LogP contribution in [0.3, 0.4) is 0 Å². The highest BCUT2D eigenvalue weighted by Gasteiger charge is 2.33. The third kappa shape index (κ3) is 2.82. The summed E-state index contributed by atoms with van der Waals surface area (Å²) in [5.41, 5.74) is 0.974. The molecule has 0 aromatic carbocycles. The summed E-state index contributed by atoms with van der Waals surface area (Å²) in [5, 5.41) is 3.58. The van der Waals surface area contributed by atoms with Gasteiger partial charge in [0.25, 0.3) is 0 Å². The topological polar surface area (TPSA) is 28.2 Å². The van der Waals surface area contributed by atoms with Crippen molar-refractivity contribution in [1.82, 2.24) is 15.2 Å². The fourth-order valence-corrected chi connectivity index (χ4v) is 2.60. The van der Waals surface area contributed by atoms with Gasteiger partial charge in [0, 0.05) is 38.4 Å². The van der Waals surface area contributed by atoms with Crippen molar-refractivity contribution in [2.24, 2.45) is 5.92 Å². The molecular weight excluding hydrogens is 217 g/mol. The van der Waals surface area contributed by atoms with E-state index in [1.165, 1.54) is 19.0 Å². The van der Waals surface area contributed by atoms with E-state index >= 15 is 0 Å². The Balaban J connectivity index is 1.60. The molecule has 1 N–H and O–H groups in total. The van der Waals surface area contributed by atoms with E-state index in [1.807, 2.05) is 0 Å². The van der Waals surface area contributed by atoms with Gasteiger partial charge in [-0.15, -0.1) is 0 Å². The Labute approximate surface area is 101 Å². The summed E-state index contributed by atoms with van der Waals surface area (Å²) in [5.74, 6) is 0.639. The van der Waals surface area contributed by atoms with Crippen LogP contribution in [0.2, 0.25) is 0 Å². The highest BCUT2D eigenvalue weighted by molar-refractivity contribution is 5.10. The first-order chi connectivity index (χ1) is 8.31. The second kappa shape index (κ2) is 4.70. The molecule has 0 amide bonds. The number of pyridine rings is 1. The van der Waals surface area contributed by atoms with Crippen LogP contribution in [0.25, 0.3) is 0 Å². The minimum atomic E-state index is -0.239. The Bertz CT molecular complexity index is 392. The Kier molecular flexibility index (Phi) is 3.07. The van der Waals surface area contributed by atoms with Gasteiger partial charge in [-0.25, -0.2) is 4.39 Å². The van der Waals surface area contributed by atoms with E-state index in [9.17, 15) is 4.39 Å². The number of halogens is 1. The first-order valence-corrected chi connectivity index (χ1v) is 6.36. The van der Waals surface area contributed by atoms with Gasteiger partial charge in [0.15, 0.2) is 0 Å². The molecule has 4 heteroatoms. The van der Waals surface area contributed by atoms with Gasteiger partial charge in [-0.1, -0.05) is 0 Å². The molecule has 17 heavy (non-hydrogen) atoms. The van der Waals surface area contributed by atoms with Gasteiger partial charge in [-0.05, 0) is 30.4 Å². The van der Waals surface area contributed by atoms with Gasteiger partial charge in [-0.2, -0.15) is 0 Å². The van der Waals surface area contributed by atoms with Crippen molar-refractivity contribution in [2.45, 2.75) is 25.4 Å². The maximum absolute atomic E-state index is 13.0. The number of hydrogen-bond donors (Lipinski definition) is 1. The Morgan fingerprint density at radius 1 is 1.41 bits per heavy atom. The highest BCUT2D eigenvalue weighted by atomic mass is 19.1. The molecule has 3 rings (SSSR count). The van der Waals surface area contributed by atoms with Gasteiger partial charge in [-0.3, -0.25) is 9.88 Å². The van der Waals surface area contributed by atoms with E-state index in [-0.39, 0.29) is 5.82 Å². The minimum absolute atomic E-state index is 0.239. The van der Waals surface area contributed by atoms with Crippen molar-refractivity contribution < 1.29 is 4.39 Å². The molecule has 2 heterocycles. The van der Waals surface area contributed by atoms with E-state index in [0.717, 1.165) is 37.7 Å². The maximum atomic E-state index is 13.0. The lowest BCUT2D eigenvalue weighted by atomic mass is 10.1. The average Bonchev–Trinajstić information content (AvgIpc) is 3.13. The molecule has 0 spiro atoms. The van der Waals surface area contributed by atoms with E-state index in [1.54, 1.807) is 12.3 Å². The molecule has 2 fully saturated rings. The van der Waals surface area contributed by atoms with Crippen molar-refractivity contribution in [3.05, 3.63) is 29.8 Å². The number of nitrogens with one attached hydrogen (secondary N) is 1. The SMILES string of the molecule is Fc1cncc(CN2CCNC(C3CC3)C2)c1. The second-order valence-electron chi connectivity index (χ2n) is 5.14. The summed E-state index contributed by atoms with van der Waals surface area (Å²) in [6, 6.07) is 2.23. The van der Waals surface area contributed by atoms with Crippen LogP contribution >= 0.6 is 0 Å². The molecule has 3 nitrogen and oxygen atoms in total. The lowest BCUT2D eigenvalue weighted by Crippen LogP contribution is -2.51. The number of aromatic nitrogens is 1. The quantitative estimate of drug-likeness (QED) is 0.858. The third-order valence-corrected chi connectivity index (χ3v) is 3.65. The zero-order chi connectivity index (χ0) is 11.7. The lowest BCUT2D eigenvalue weighted by molar-refractivity contribution is 0.181. The van der Waals surface area contributed by atoms with E-state index in [0.29, 0.717) is 6.04 Å². The van der Waals surface area contributed by atoms with Crippen LogP contribution in [0, 0.1) is 11.7 Å². The van der Waals surface area contributed by atoms with E-state index < -0.39 is 0 Å². The molecule has 92 valence electrons. The molecule has 1 aliphatic heterocycles. The first kappa shape index (κ1) is 11.1. The largest absolute Gasteiger partial charge is 0.311 e. The molecule has 1 saturated heterocycles. The van der Waals surface area contributed by atoms with Crippen LogP contribution in [0.4, 0.5) is 4.39 Å². The van der Waals surface area contributed by atoms with Gasteiger partial charge in [0.2, 0.25) is 0 Å². The number of piperazine rings is 1. The zero-order valence-corrected chi connectivity index (χ0v) is 9.90. The highest BCUT2D eigenvalue weighted by Crippen LogP contribution is 2.33. The minimum Gasteiger partial charge on any atom is -0.311 e. The Morgan fingerprint density at radius 3 is 3.06 bits per heavy atom. The third-order valence-electron chi connectivity index (χ3n) is 3.65. The zero-order valence-electron chi connectivity index (χ0n) is 9.90. The van der Waals surface area contributed by atoms with Crippen LogP contribution in [0.1, 0.15) is 18.4 Å². The monoisotopic (exact) mass is 235 g/mol. The standard InChI is InChI=1S/C13H18FN3/c14-12-5-10(6-15-7-12)8-17-4-3-16-13(9-17)11-1-2-11/h5-7,11,13,16H,1-4,8-9H2. The van der Waals surface area contributed by atoms with Crippen molar-refractivity contribution >= 4 is 0 Å². The average molecular weight is 235 g/mol. The Morgan fingerprint density at radius 2 is 2.29 bits per heavy atom. The predicted molar refractivity (Wildman–Crippen MR) is 64.0 cm³/mol. The molecule has 1 aliphatic carbocycles. The fraction of sp³-hybridized carbons (Fsp3) is 0.615. The molecule has 1 unspecified atom stereocenters. The van der Waals surface area contributed by atoms with Crippen LogP contribution < -0.4 is 5.32 Å². The van der Waals surface area contributed by atoms with Gasteiger partial charge in [0.1, 0.15) is 5.82 Å². The first-order valence-electron chi connectivity index (χ1n) is 6.36. The lowest BCUT2D eigenvalue weighted by Gasteiger charge is -2.33. The van der Waals surface area contributed by atoms with Gasteiger partial charge < -0.3 is 5.32 Å². The normalized spacial score (nSPS) is 26.1. The van der Waals surface area contributed by atoms with Gasteiger partial charge >= 0.3 is 0 Å². The molecule has 1 aromatic rings. The van der Waals surface area contributed by atoms with Gasteiger partial charge in [0.05, 0.1) is 6.20 Å². The summed E-state index contributed by atoms with van der Waals surface area (Å²) in [4.78, 5) is 6.30. The molecule has 1 saturated carbocycles.